The second-order valence-electron chi connectivity index (χ2n) is 9.54. The number of rotatable bonds is 7. The van der Waals surface area contributed by atoms with Gasteiger partial charge in [-0.3, -0.25) is 14.3 Å². The normalized spacial score (nSPS) is 20.3. The third-order valence-corrected chi connectivity index (χ3v) is 7.18. The molecule has 1 N–H and O–H groups in total. The van der Waals surface area contributed by atoms with E-state index in [1.165, 1.54) is 29.9 Å². The van der Waals surface area contributed by atoms with Crippen LogP contribution in [0.4, 0.5) is 0 Å². The summed E-state index contributed by atoms with van der Waals surface area (Å²) in [6, 6.07) is 6.89. The number of methoxy groups -OCH3 is 3. The van der Waals surface area contributed by atoms with Gasteiger partial charge < -0.3 is 24.4 Å². The molecular formula is C26H34N4O6. The van der Waals surface area contributed by atoms with Crippen LogP contribution in [0.5, 0.6) is 11.5 Å². The summed E-state index contributed by atoms with van der Waals surface area (Å²) in [5.41, 5.74) is -0.325. The first-order valence-electron chi connectivity index (χ1n) is 12.3. The van der Waals surface area contributed by atoms with Crippen LogP contribution in [0, 0.1) is 0 Å². The molecule has 10 heteroatoms. The topological polar surface area (TPSA) is 112 Å². The number of amides is 2. The minimum atomic E-state index is -1.26. The van der Waals surface area contributed by atoms with Crippen molar-refractivity contribution >= 4 is 17.8 Å². The number of carbonyl (C=O) groups is 3. The van der Waals surface area contributed by atoms with Crippen molar-refractivity contribution in [1.29, 1.82) is 0 Å². The minimum Gasteiger partial charge on any atom is -0.493 e. The zero-order chi connectivity index (χ0) is 25.9. The van der Waals surface area contributed by atoms with E-state index in [0.717, 1.165) is 38.5 Å². The van der Waals surface area contributed by atoms with Crippen LogP contribution in [-0.4, -0.2) is 65.4 Å². The van der Waals surface area contributed by atoms with Crippen molar-refractivity contribution in [2.45, 2.75) is 70.1 Å². The quantitative estimate of drug-likeness (QED) is 0.461. The predicted molar refractivity (Wildman–Crippen MR) is 131 cm³/mol. The summed E-state index contributed by atoms with van der Waals surface area (Å²) >= 11 is 0. The Hall–Kier alpha value is -3.56. The van der Waals surface area contributed by atoms with Crippen LogP contribution < -0.4 is 14.8 Å². The molecular weight excluding hydrogens is 464 g/mol. The maximum atomic E-state index is 13.8. The highest BCUT2D eigenvalue weighted by Crippen LogP contribution is 2.36. The highest BCUT2D eigenvalue weighted by Gasteiger charge is 2.49. The van der Waals surface area contributed by atoms with Gasteiger partial charge in [-0.15, -0.1) is 0 Å². The van der Waals surface area contributed by atoms with Crippen molar-refractivity contribution in [1.82, 2.24) is 20.0 Å². The van der Waals surface area contributed by atoms with Crippen molar-refractivity contribution in [3.05, 3.63) is 41.2 Å². The number of nitrogens with zero attached hydrogens (tertiary/aromatic N) is 3. The van der Waals surface area contributed by atoms with E-state index in [1.54, 1.807) is 20.1 Å². The second kappa shape index (κ2) is 10.6. The van der Waals surface area contributed by atoms with Crippen LogP contribution in [0.2, 0.25) is 0 Å². The molecule has 10 nitrogen and oxygen atoms in total. The van der Waals surface area contributed by atoms with Crippen molar-refractivity contribution in [2.24, 2.45) is 0 Å². The van der Waals surface area contributed by atoms with E-state index in [2.05, 4.69) is 10.4 Å². The van der Waals surface area contributed by atoms with Gasteiger partial charge in [0.15, 0.2) is 17.2 Å². The third-order valence-electron chi connectivity index (χ3n) is 7.18. The summed E-state index contributed by atoms with van der Waals surface area (Å²) in [5.74, 6) is -0.274. The van der Waals surface area contributed by atoms with Crippen molar-refractivity contribution in [3.63, 3.8) is 0 Å². The van der Waals surface area contributed by atoms with Crippen LogP contribution >= 0.6 is 0 Å². The number of hydrogen-bond acceptors (Lipinski definition) is 7. The molecule has 0 radical (unpaired) electrons. The zero-order valence-electron chi connectivity index (χ0n) is 21.3. The first-order chi connectivity index (χ1) is 17.3. The van der Waals surface area contributed by atoms with Gasteiger partial charge in [-0.25, -0.2) is 4.79 Å². The third kappa shape index (κ3) is 4.76. The maximum Gasteiger partial charge on any atom is 0.358 e. The van der Waals surface area contributed by atoms with E-state index >= 15 is 0 Å². The minimum absolute atomic E-state index is 0.0215. The molecule has 1 atom stereocenters. The van der Waals surface area contributed by atoms with E-state index in [0.29, 0.717) is 17.1 Å². The number of hydrogen-bond donors (Lipinski definition) is 1. The summed E-state index contributed by atoms with van der Waals surface area (Å²) in [6.45, 7) is 1.94. The van der Waals surface area contributed by atoms with Crippen LogP contribution in [0.3, 0.4) is 0 Å². The van der Waals surface area contributed by atoms with Gasteiger partial charge in [0.05, 0.1) is 34.4 Å². The molecule has 2 heterocycles. The highest BCUT2D eigenvalue weighted by atomic mass is 16.5. The van der Waals surface area contributed by atoms with Crippen LogP contribution in [0.15, 0.2) is 24.3 Å². The van der Waals surface area contributed by atoms with E-state index in [1.807, 2.05) is 12.1 Å². The van der Waals surface area contributed by atoms with Crippen LogP contribution in [0.1, 0.15) is 72.0 Å². The SMILES string of the molecule is COC(=O)c1cc2n(n1)C[C@@](C)(C(=O)NC1CCCCCC1)N(Cc1cccc(OC)c1OC)C2=O. The Balaban J connectivity index is 1.73. The standard InChI is InChI=1S/C26H34N4O6/c1-26(25(33)27-18-11-7-5-6-8-12-18)16-30-20(14-19(28-30)24(32)36-4)23(31)29(26)15-17-10-9-13-21(34-2)22(17)35-3/h9-10,13-14,18H,5-8,11-12,15-16H2,1-4H3,(H,27,33)/t26-/m0/s1. The van der Waals surface area contributed by atoms with E-state index in [-0.39, 0.29) is 36.4 Å². The molecule has 1 fully saturated rings. The van der Waals surface area contributed by atoms with Gasteiger partial charge in [-0.2, -0.15) is 5.10 Å². The van der Waals surface area contributed by atoms with E-state index in [9.17, 15) is 14.4 Å². The van der Waals surface area contributed by atoms with Gasteiger partial charge in [0.2, 0.25) is 5.91 Å². The van der Waals surface area contributed by atoms with Crippen molar-refractivity contribution < 1.29 is 28.6 Å². The Morgan fingerprint density at radius 1 is 1.11 bits per heavy atom. The smallest absolute Gasteiger partial charge is 0.358 e. The number of benzene rings is 1. The monoisotopic (exact) mass is 498 g/mol. The number of para-hydroxylation sites is 1. The fourth-order valence-electron chi connectivity index (χ4n) is 5.11. The Morgan fingerprint density at radius 2 is 1.83 bits per heavy atom. The van der Waals surface area contributed by atoms with Gasteiger partial charge in [0, 0.05) is 17.7 Å². The Morgan fingerprint density at radius 3 is 2.47 bits per heavy atom. The fourth-order valence-corrected chi connectivity index (χ4v) is 5.11. The van der Waals surface area contributed by atoms with Crippen LogP contribution in [0.25, 0.3) is 0 Å². The van der Waals surface area contributed by atoms with Crippen molar-refractivity contribution in [2.75, 3.05) is 21.3 Å². The predicted octanol–water partition coefficient (Wildman–Crippen LogP) is 2.94. The molecule has 0 spiro atoms. The molecule has 2 aromatic rings. The molecule has 0 unspecified atom stereocenters. The summed E-state index contributed by atoms with van der Waals surface area (Å²) in [6.07, 6.45) is 6.29. The fraction of sp³-hybridized carbons (Fsp3) is 0.538. The lowest BCUT2D eigenvalue weighted by Crippen LogP contribution is -2.64. The molecule has 1 aliphatic carbocycles. The van der Waals surface area contributed by atoms with Gasteiger partial charge in [-0.1, -0.05) is 37.8 Å². The number of fused-ring (bicyclic) bond motifs is 1. The Bertz CT molecular complexity index is 1140. The summed E-state index contributed by atoms with van der Waals surface area (Å²) in [4.78, 5) is 41.3. The second-order valence-corrected chi connectivity index (χ2v) is 9.54. The van der Waals surface area contributed by atoms with E-state index in [4.69, 9.17) is 14.2 Å². The number of carbonyl (C=O) groups excluding carboxylic acids is 3. The summed E-state index contributed by atoms with van der Waals surface area (Å²) < 4.78 is 17.2. The molecule has 1 aliphatic heterocycles. The first kappa shape index (κ1) is 25.5. The zero-order valence-corrected chi connectivity index (χ0v) is 21.3. The lowest BCUT2D eigenvalue weighted by Gasteiger charge is -2.44. The van der Waals surface area contributed by atoms with Crippen molar-refractivity contribution in [3.8, 4) is 11.5 Å². The number of esters is 1. The Labute approximate surface area is 210 Å². The average molecular weight is 499 g/mol. The van der Waals surface area contributed by atoms with Crippen LogP contribution in [-0.2, 0) is 22.6 Å². The lowest BCUT2D eigenvalue weighted by molar-refractivity contribution is -0.134. The molecule has 1 saturated carbocycles. The molecule has 1 aromatic carbocycles. The molecule has 2 amide bonds. The molecule has 4 rings (SSSR count). The summed E-state index contributed by atoms with van der Waals surface area (Å²) in [5, 5.41) is 7.49. The molecule has 2 aliphatic rings. The number of ether oxygens (including phenoxy) is 3. The Kier molecular flexibility index (Phi) is 7.51. The molecule has 1 aromatic heterocycles. The van der Waals surface area contributed by atoms with Gasteiger partial charge in [0.1, 0.15) is 11.2 Å². The molecule has 0 bridgehead atoms. The summed E-state index contributed by atoms with van der Waals surface area (Å²) in [7, 11) is 4.34. The molecule has 194 valence electrons. The average Bonchev–Trinajstić information content (AvgIpc) is 3.13. The largest absolute Gasteiger partial charge is 0.493 e. The first-order valence-corrected chi connectivity index (χ1v) is 12.3. The van der Waals surface area contributed by atoms with E-state index < -0.39 is 17.4 Å². The maximum absolute atomic E-state index is 13.8. The lowest BCUT2D eigenvalue weighted by atomic mass is 9.93. The molecule has 36 heavy (non-hydrogen) atoms. The van der Waals surface area contributed by atoms with Gasteiger partial charge in [0.25, 0.3) is 5.91 Å². The van der Waals surface area contributed by atoms with Gasteiger partial charge >= 0.3 is 5.97 Å². The van der Waals surface area contributed by atoms with Gasteiger partial charge in [-0.05, 0) is 25.8 Å². The number of aromatic nitrogens is 2. The number of nitrogens with one attached hydrogen (secondary N) is 1. The molecule has 0 saturated heterocycles. The highest BCUT2D eigenvalue weighted by molar-refractivity contribution is 6.01.